The van der Waals surface area contributed by atoms with Crippen molar-refractivity contribution in [2.75, 3.05) is 0 Å². The maximum atomic E-state index is 15.1. The van der Waals surface area contributed by atoms with Crippen molar-refractivity contribution in [2.24, 2.45) is 0 Å². The Hall–Kier alpha value is -2.48. The molecule has 194 valence electrons. The molecule has 0 aliphatic rings. The van der Waals surface area contributed by atoms with Crippen molar-refractivity contribution in [3.05, 3.63) is 83.4 Å². The van der Waals surface area contributed by atoms with Gasteiger partial charge in [-0.2, -0.15) is 0 Å². The Morgan fingerprint density at radius 1 is 0.417 bits per heavy atom. The normalized spacial score (nSPS) is 11.2. The lowest BCUT2D eigenvalue weighted by molar-refractivity contribution is 0.514. The molecule has 0 N–H and O–H groups in total. The first-order valence-electron chi connectivity index (χ1n) is 14.3. The zero-order chi connectivity index (χ0) is 25.6. The van der Waals surface area contributed by atoms with Crippen LogP contribution in [0.15, 0.2) is 60.7 Å². The van der Waals surface area contributed by atoms with E-state index in [1.807, 2.05) is 36.4 Å². The molecule has 3 rings (SSSR count). The van der Waals surface area contributed by atoms with Crippen LogP contribution in [-0.4, -0.2) is 0 Å². The van der Waals surface area contributed by atoms with Crippen LogP contribution in [0.25, 0.3) is 22.3 Å². The molecule has 0 bridgehead atoms. The maximum Gasteiger partial charge on any atom is 0.167 e. The summed E-state index contributed by atoms with van der Waals surface area (Å²) in [5.74, 6) is -1.54. The van der Waals surface area contributed by atoms with Crippen LogP contribution in [0.1, 0.15) is 102 Å². The Bertz CT molecular complexity index is 1020. The van der Waals surface area contributed by atoms with Crippen LogP contribution in [0.5, 0.6) is 0 Å². The van der Waals surface area contributed by atoms with Crippen molar-refractivity contribution in [2.45, 2.75) is 104 Å². The number of rotatable bonds is 16. The van der Waals surface area contributed by atoms with Gasteiger partial charge in [-0.3, -0.25) is 0 Å². The fraction of sp³-hybridized carbons (Fsp3) is 0.471. The molecule has 0 aliphatic heterocycles. The molecule has 0 unspecified atom stereocenters. The van der Waals surface area contributed by atoms with Gasteiger partial charge in [-0.05, 0) is 47.9 Å². The molecular weight excluding hydrogens is 446 g/mol. The summed E-state index contributed by atoms with van der Waals surface area (Å²) in [7, 11) is 0. The summed E-state index contributed by atoms with van der Waals surface area (Å²) in [6.45, 7) is 4.47. The molecule has 0 amide bonds. The van der Waals surface area contributed by atoms with E-state index in [-0.39, 0.29) is 0 Å². The molecule has 0 radical (unpaired) electrons. The average molecular weight is 491 g/mol. The molecule has 0 aliphatic carbocycles. The molecule has 0 saturated heterocycles. The first-order chi connectivity index (χ1) is 17.6. The molecule has 3 aromatic carbocycles. The predicted octanol–water partition coefficient (Wildman–Crippen LogP) is 11.1. The summed E-state index contributed by atoms with van der Waals surface area (Å²) in [5.41, 5.74) is 4.60. The van der Waals surface area contributed by atoms with Crippen LogP contribution in [0.4, 0.5) is 8.78 Å². The Labute approximate surface area is 218 Å². The molecular formula is C34H44F2. The molecule has 0 atom stereocenters. The minimum absolute atomic E-state index is 0.321. The average Bonchev–Trinajstić information content (AvgIpc) is 2.90. The maximum absolute atomic E-state index is 15.1. The van der Waals surface area contributed by atoms with Gasteiger partial charge in [0.15, 0.2) is 11.6 Å². The van der Waals surface area contributed by atoms with Crippen molar-refractivity contribution in [1.82, 2.24) is 0 Å². The van der Waals surface area contributed by atoms with Gasteiger partial charge in [0.2, 0.25) is 0 Å². The van der Waals surface area contributed by atoms with Gasteiger partial charge < -0.3 is 0 Å². The lowest BCUT2D eigenvalue weighted by Crippen LogP contribution is -1.95. The van der Waals surface area contributed by atoms with Gasteiger partial charge in [0, 0.05) is 11.1 Å². The second-order valence-corrected chi connectivity index (χ2v) is 10.2. The number of benzene rings is 3. The van der Waals surface area contributed by atoms with E-state index in [9.17, 15) is 0 Å². The monoisotopic (exact) mass is 490 g/mol. The topological polar surface area (TPSA) is 0 Å². The Kier molecular flexibility index (Phi) is 12.2. The molecule has 0 nitrogen and oxygen atoms in total. The highest BCUT2D eigenvalue weighted by molar-refractivity contribution is 5.72. The van der Waals surface area contributed by atoms with Crippen LogP contribution in [0, 0.1) is 11.6 Å². The summed E-state index contributed by atoms with van der Waals surface area (Å²) >= 11 is 0. The SMILES string of the molecule is CCCCCCCCCc1ccc(-c2ccc(-c3ccc(CCCCCCC)cc3)c(F)c2F)cc1. The van der Waals surface area contributed by atoms with Gasteiger partial charge in [-0.15, -0.1) is 0 Å². The molecule has 0 heterocycles. The second-order valence-electron chi connectivity index (χ2n) is 10.2. The van der Waals surface area contributed by atoms with Crippen LogP contribution in [-0.2, 0) is 12.8 Å². The first kappa shape index (κ1) is 28.1. The third-order valence-electron chi connectivity index (χ3n) is 7.25. The Balaban J connectivity index is 1.57. The van der Waals surface area contributed by atoms with E-state index in [4.69, 9.17) is 0 Å². The van der Waals surface area contributed by atoms with Gasteiger partial charge in [-0.1, -0.05) is 139 Å². The Morgan fingerprint density at radius 3 is 1.11 bits per heavy atom. The summed E-state index contributed by atoms with van der Waals surface area (Å²) in [6, 6.07) is 19.3. The summed E-state index contributed by atoms with van der Waals surface area (Å²) < 4.78 is 30.2. The third kappa shape index (κ3) is 8.57. The largest absolute Gasteiger partial charge is 0.203 e. The summed E-state index contributed by atoms with van der Waals surface area (Å²) in [4.78, 5) is 0. The molecule has 0 aromatic heterocycles. The van der Waals surface area contributed by atoms with E-state index in [0.29, 0.717) is 11.1 Å². The predicted molar refractivity (Wildman–Crippen MR) is 151 cm³/mol. The molecule has 2 heteroatoms. The number of aryl methyl sites for hydroxylation is 2. The van der Waals surface area contributed by atoms with Crippen LogP contribution >= 0.6 is 0 Å². The quantitative estimate of drug-likeness (QED) is 0.175. The molecule has 3 aromatic rings. The molecule has 0 fully saturated rings. The van der Waals surface area contributed by atoms with E-state index < -0.39 is 11.6 Å². The van der Waals surface area contributed by atoms with Crippen LogP contribution in [0.3, 0.4) is 0 Å². The minimum Gasteiger partial charge on any atom is -0.203 e. The molecule has 36 heavy (non-hydrogen) atoms. The third-order valence-corrected chi connectivity index (χ3v) is 7.25. The zero-order valence-electron chi connectivity index (χ0n) is 22.4. The van der Waals surface area contributed by atoms with Crippen LogP contribution in [0.2, 0.25) is 0 Å². The fourth-order valence-electron chi connectivity index (χ4n) is 4.92. The van der Waals surface area contributed by atoms with Crippen molar-refractivity contribution >= 4 is 0 Å². The minimum atomic E-state index is -0.771. The van der Waals surface area contributed by atoms with Crippen LogP contribution < -0.4 is 0 Å². The second kappa shape index (κ2) is 15.6. The van der Waals surface area contributed by atoms with E-state index in [1.54, 1.807) is 12.1 Å². The number of halogens is 2. The van der Waals surface area contributed by atoms with Crippen molar-refractivity contribution in [3.8, 4) is 22.3 Å². The molecule has 0 saturated carbocycles. The smallest absolute Gasteiger partial charge is 0.167 e. The summed E-state index contributed by atoms with van der Waals surface area (Å²) in [5, 5.41) is 0. The zero-order valence-corrected chi connectivity index (χ0v) is 22.4. The van der Waals surface area contributed by atoms with E-state index >= 15 is 8.78 Å². The van der Waals surface area contributed by atoms with E-state index in [1.165, 1.54) is 88.2 Å². The van der Waals surface area contributed by atoms with E-state index in [2.05, 4.69) is 26.0 Å². The lowest BCUT2D eigenvalue weighted by atomic mass is 9.96. The standard InChI is InChI=1S/C34H44F2/c1-3-5-7-9-10-12-14-16-28-19-23-30(24-20-28)32-26-25-31(33(35)34(32)36)29-21-17-27(18-22-29)15-13-11-8-6-4-2/h17-26H,3-16H2,1-2H3. The first-order valence-corrected chi connectivity index (χ1v) is 14.3. The van der Waals surface area contributed by atoms with Crippen molar-refractivity contribution in [3.63, 3.8) is 0 Å². The Morgan fingerprint density at radius 2 is 0.750 bits per heavy atom. The lowest BCUT2D eigenvalue weighted by Gasteiger charge is -2.11. The van der Waals surface area contributed by atoms with Gasteiger partial charge >= 0.3 is 0 Å². The van der Waals surface area contributed by atoms with Crippen molar-refractivity contribution < 1.29 is 8.78 Å². The highest BCUT2D eigenvalue weighted by Crippen LogP contribution is 2.32. The highest BCUT2D eigenvalue weighted by Gasteiger charge is 2.16. The highest BCUT2D eigenvalue weighted by atomic mass is 19.2. The van der Waals surface area contributed by atoms with Crippen molar-refractivity contribution in [1.29, 1.82) is 0 Å². The summed E-state index contributed by atoms with van der Waals surface area (Å²) in [6.07, 6.45) is 17.4. The molecule has 0 spiro atoms. The fourth-order valence-corrected chi connectivity index (χ4v) is 4.92. The number of hydrogen-bond acceptors (Lipinski definition) is 0. The van der Waals surface area contributed by atoms with Gasteiger partial charge in [-0.25, -0.2) is 8.78 Å². The van der Waals surface area contributed by atoms with Gasteiger partial charge in [0.05, 0.1) is 0 Å². The van der Waals surface area contributed by atoms with Gasteiger partial charge in [0.1, 0.15) is 0 Å². The number of unbranched alkanes of at least 4 members (excludes halogenated alkanes) is 10. The van der Waals surface area contributed by atoms with Gasteiger partial charge in [0.25, 0.3) is 0 Å². The van der Waals surface area contributed by atoms with E-state index in [0.717, 1.165) is 24.0 Å². The number of hydrogen-bond donors (Lipinski definition) is 0.